The molecule has 0 bridgehead atoms. The first-order valence-electron chi connectivity index (χ1n) is 5.81. The summed E-state index contributed by atoms with van der Waals surface area (Å²) in [6.07, 6.45) is 2.67. The lowest BCUT2D eigenvalue weighted by molar-refractivity contribution is -0.166. The monoisotopic (exact) mass is 227 g/mol. The number of hydrogen-bond acceptors (Lipinski definition) is 3. The van der Waals surface area contributed by atoms with Crippen LogP contribution in [0, 0.1) is 0 Å². The number of piperidine rings is 1. The van der Waals surface area contributed by atoms with Crippen molar-refractivity contribution in [3.8, 4) is 0 Å². The van der Waals surface area contributed by atoms with Crippen molar-refractivity contribution in [1.82, 2.24) is 4.90 Å². The first-order valence-corrected chi connectivity index (χ1v) is 5.81. The summed E-state index contributed by atoms with van der Waals surface area (Å²) in [5.41, 5.74) is -0.489. The zero-order chi connectivity index (χ0) is 12.3. The van der Waals surface area contributed by atoms with Gasteiger partial charge in [0.2, 0.25) is 5.91 Å². The van der Waals surface area contributed by atoms with Gasteiger partial charge in [0, 0.05) is 13.5 Å². The third-order valence-electron chi connectivity index (χ3n) is 2.59. The van der Waals surface area contributed by atoms with E-state index < -0.39 is 5.60 Å². The number of ether oxygens (including phenoxy) is 1. The molecule has 0 saturated carbocycles. The lowest BCUT2D eigenvalue weighted by Crippen LogP contribution is -2.49. The molecule has 0 N–H and O–H groups in total. The van der Waals surface area contributed by atoms with Crippen LogP contribution in [0.3, 0.4) is 0 Å². The van der Waals surface area contributed by atoms with Crippen molar-refractivity contribution >= 4 is 11.9 Å². The molecule has 0 aromatic carbocycles. The third kappa shape index (κ3) is 3.51. The average molecular weight is 227 g/mol. The largest absolute Gasteiger partial charge is 0.458 e. The van der Waals surface area contributed by atoms with Gasteiger partial charge in [-0.25, -0.2) is 4.79 Å². The van der Waals surface area contributed by atoms with E-state index in [1.807, 2.05) is 20.8 Å². The number of esters is 1. The highest BCUT2D eigenvalue weighted by molar-refractivity contribution is 5.83. The molecule has 1 rings (SSSR count). The fourth-order valence-electron chi connectivity index (χ4n) is 1.92. The number of likely N-dealkylation sites (tertiary alicyclic amines) is 1. The first-order chi connectivity index (χ1) is 7.31. The number of nitrogens with zero attached hydrogens (tertiary/aromatic N) is 1. The Kier molecular flexibility index (Phi) is 3.94. The molecule has 4 heteroatoms. The van der Waals surface area contributed by atoms with Crippen LogP contribution in [0.2, 0.25) is 0 Å². The van der Waals surface area contributed by atoms with Crippen molar-refractivity contribution < 1.29 is 14.3 Å². The van der Waals surface area contributed by atoms with E-state index in [2.05, 4.69) is 0 Å². The fourth-order valence-corrected chi connectivity index (χ4v) is 1.92. The topological polar surface area (TPSA) is 46.6 Å². The van der Waals surface area contributed by atoms with Crippen LogP contribution in [-0.2, 0) is 14.3 Å². The summed E-state index contributed by atoms with van der Waals surface area (Å²) in [6, 6.07) is -0.384. The van der Waals surface area contributed by atoms with E-state index in [0.29, 0.717) is 13.0 Å². The molecular weight excluding hydrogens is 206 g/mol. The fraction of sp³-hybridized carbons (Fsp3) is 0.833. The summed E-state index contributed by atoms with van der Waals surface area (Å²) < 4.78 is 5.32. The van der Waals surface area contributed by atoms with Crippen LogP contribution in [0.1, 0.15) is 47.0 Å². The summed E-state index contributed by atoms with van der Waals surface area (Å²) in [7, 11) is 0. The summed E-state index contributed by atoms with van der Waals surface area (Å²) in [5.74, 6) is -0.321. The number of carbonyl (C=O) groups excluding carboxylic acids is 2. The molecule has 0 radical (unpaired) electrons. The molecule has 0 aromatic rings. The summed E-state index contributed by atoms with van der Waals surface area (Å²) in [4.78, 5) is 24.9. The van der Waals surface area contributed by atoms with Crippen LogP contribution in [0.4, 0.5) is 0 Å². The number of rotatable bonds is 1. The maximum absolute atomic E-state index is 11.9. The van der Waals surface area contributed by atoms with Crippen molar-refractivity contribution in [2.45, 2.75) is 58.6 Å². The molecule has 16 heavy (non-hydrogen) atoms. The Morgan fingerprint density at radius 2 is 1.88 bits per heavy atom. The highest BCUT2D eigenvalue weighted by Crippen LogP contribution is 2.20. The van der Waals surface area contributed by atoms with Crippen LogP contribution in [0.25, 0.3) is 0 Å². The predicted molar refractivity (Wildman–Crippen MR) is 60.9 cm³/mol. The zero-order valence-electron chi connectivity index (χ0n) is 10.6. The number of carbonyl (C=O) groups is 2. The molecule has 0 aromatic heterocycles. The number of amides is 1. The van der Waals surface area contributed by atoms with Crippen molar-refractivity contribution in [3.63, 3.8) is 0 Å². The Hall–Kier alpha value is -1.06. The van der Waals surface area contributed by atoms with Crippen LogP contribution in [-0.4, -0.2) is 35.0 Å². The molecule has 1 amide bonds. The van der Waals surface area contributed by atoms with Gasteiger partial charge in [0.05, 0.1) is 0 Å². The molecular formula is C12H21NO3. The van der Waals surface area contributed by atoms with E-state index in [0.717, 1.165) is 12.8 Å². The summed E-state index contributed by atoms with van der Waals surface area (Å²) >= 11 is 0. The second-order valence-electron chi connectivity index (χ2n) is 5.26. The van der Waals surface area contributed by atoms with Gasteiger partial charge in [0.25, 0.3) is 0 Å². The van der Waals surface area contributed by atoms with E-state index in [9.17, 15) is 9.59 Å². The smallest absolute Gasteiger partial charge is 0.329 e. The van der Waals surface area contributed by atoms with Crippen LogP contribution in [0.5, 0.6) is 0 Å². The van der Waals surface area contributed by atoms with Crippen LogP contribution >= 0.6 is 0 Å². The molecule has 1 fully saturated rings. The second kappa shape index (κ2) is 4.85. The van der Waals surface area contributed by atoms with Gasteiger partial charge in [-0.15, -0.1) is 0 Å². The minimum Gasteiger partial charge on any atom is -0.458 e. The Balaban J connectivity index is 2.68. The Bertz CT molecular complexity index is 280. The predicted octanol–water partition coefficient (Wildman–Crippen LogP) is 1.73. The lowest BCUT2D eigenvalue weighted by atomic mass is 10.0. The molecule has 0 unspecified atom stereocenters. The van der Waals surface area contributed by atoms with Crippen molar-refractivity contribution in [2.75, 3.05) is 6.54 Å². The standard InChI is InChI=1S/C12H21NO3/c1-9(14)13-8-6-5-7-10(13)11(15)16-12(2,3)4/h10H,5-8H2,1-4H3/t10-/m0/s1. The Labute approximate surface area is 96.9 Å². The van der Waals surface area contributed by atoms with Crippen molar-refractivity contribution in [3.05, 3.63) is 0 Å². The van der Waals surface area contributed by atoms with Crippen molar-refractivity contribution in [2.24, 2.45) is 0 Å². The summed E-state index contributed by atoms with van der Waals surface area (Å²) in [5, 5.41) is 0. The van der Waals surface area contributed by atoms with Gasteiger partial charge in [0.1, 0.15) is 11.6 Å². The minimum absolute atomic E-state index is 0.0458. The third-order valence-corrected chi connectivity index (χ3v) is 2.59. The van der Waals surface area contributed by atoms with Gasteiger partial charge in [-0.2, -0.15) is 0 Å². The molecule has 1 atom stereocenters. The maximum Gasteiger partial charge on any atom is 0.329 e. The van der Waals surface area contributed by atoms with Gasteiger partial charge in [-0.05, 0) is 40.0 Å². The van der Waals surface area contributed by atoms with E-state index in [-0.39, 0.29) is 17.9 Å². The molecule has 1 heterocycles. The Morgan fingerprint density at radius 1 is 1.25 bits per heavy atom. The normalized spacial score (nSPS) is 21.8. The van der Waals surface area contributed by atoms with E-state index >= 15 is 0 Å². The van der Waals surface area contributed by atoms with Crippen LogP contribution < -0.4 is 0 Å². The van der Waals surface area contributed by atoms with E-state index in [1.165, 1.54) is 6.92 Å². The van der Waals surface area contributed by atoms with Gasteiger partial charge < -0.3 is 9.64 Å². The van der Waals surface area contributed by atoms with Crippen molar-refractivity contribution in [1.29, 1.82) is 0 Å². The average Bonchev–Trinajstić information content (AvgIpc) is 2.15. The maximum atomic E-state index is 11.9. The lowest BCUT2D eigenvalue weighted by Gasteiger charge is -2.35. The summed E-state index contributed by atoms with van der Waals surface area (Å²) in [6.45, 7) is 7.69. The molecule has 0 spiro atoms. The van der Waals surface area contributed by atoms with Crippen LogP contribution in [0.15, 0.2) is 0 Å². The molecule has 1 aliphatic heterocycles. The molecule has 4 nitrogen and oxygen atoms in total. The van der Waals surface area contributed by atoms with Gasteiger partial charge in [-0.1, -0.05) is 0 Å². The second-order valence-corrected chi connectivity index (χ2v) is 5.26. The highest BCUT2D eigenvalue weighted by atomic mass is 16.6. The van der Waals surface area contributed by atoms with Gasteiger partial charge in [-0.3, -0.25) is 4.79 Å². The minimum atomic E-state index is -0.489. The molecule has 1 aliphatic rings. The highest BCUT2D eigenvalue weighted by Gasteiger charge is 2.33. The molecule has 0 aliphatic carbocycles. The SMILES string of the molecule is CC(=O)N1CCCC[C@H]1C(=O)OC(C)(C)C. The van der Waals surface area contributed by atoms with E-state index in [4.69, 9.17) is 4.74 Å². The quantitative estimate of drug-likeness (QED) is 0.641. The Morgan fingerprint density at radius 3 is 2.38 bits per heavy atom. The van der Waals surface area contributed by atoms with E-state index in [1.54, 1.807) is 4.90 Å². The molecule has 92 valence electrons. The van der Waals surface area contributed by atoms with Gasteiger partial charge >= 0.3 is 5.97 Å². The first kappa shape index (κ1) is 13.0. The molecule has 1 saturated heterocycles. The zero-order valence-corrected chi connectivity index (χ0v) is 10.6. The van der Waals surface area contributed by atoms with Gasteiger partial charge in [0.15, 0.2) is 0 Å². The number of hydrogen-bond donors (Lipinski definition) is 0.